The second-order valence-electron chi connectivity index (χ2n) is 8.33. The highest BCUT2D eigenvalue weighted by Crippen LogP contribution is 2.37. The van der Waals surface area contributed by atoms with Gasteiger partial charge in [-0.15, -0.1) is 0 Å². The molecule has 1 heterocycles. The largest absolute Gasteiger partial charge is 0.465 e. The number of carbonyl (C=O) groups is 3. The van der Waals surface area contributed by atoms with Crippen LogP contribution in [0.2, 0.25) is 0 Å². The number of rotatable bonds is 8. The zero-order valence-electron chi connectivity index (χ0n) is 20.0. The van der Waals surface area contributed by atoms with E-state index < -0.39 is 34.4 Å². The summed E-state index contributed by atoms with van der Waals surface area (Å²) in [5.74, 6) is -2.37. The van der Waals surface area contributed by atoms with Gasteiger partial charge in [-0.25, -0.2) is 13.2 Å². The maximum Gasteiger partial charge on any atom is 0.337 e. The third-order valence-electron chi connectivity index (χ3n) is 5.74. The van der Waals surface area contributed by atoms with Crippen LogP contribution in [0.4, 0.5) is 17.1 Å². The lowest BCUT2D eigenvalue weighted by molar-refractivity contribution is -0.117. The Morgan fingerprint density at radius 2 is 1.70 bits per heavy atom. The molecule has 0 fully saturated rings. The molecular weight excluding hydrogens is 496 g/mol. The summed E-state index contributed by atoms with van der Waals surface area (Å²) >= 11 is 0. The van der Waals surface area contributed by atoms with Crippen molar-refractivity contribution in [2.45, 2.75) is 5.92 Å². The molecule has 3 aromatic rings. The van der Waals surface area contributed by atoms with Gasteiger partial charge in [-0.1, -0.05) is 36.4 Å². The third kappa shape index (κ3) is 5.51. The number of methoxy groups -OCH3 is 1. The molecule has 0 saturated heterocycles. The van der Waals surface area contributed by atoms with Gasteiger partial charge in [0.05, 0.1) is 36.0 Å². The molecule has 1 unspecified atom stereocenters. The average Bonchev–Trinajstić information content (AvgIpc) is 3.20. The Kier molecular flexibility index (Phi) is 7.07. The minimum Gasteiger partial charge on any atom is -0.465 e. The van der Waals surface area contributed by atoms with Crippen molar-refractivity contribution in [1.29, 1.82) is 0 Å². The zero-order chi connectivity index (χ0) is 26.7. The standard InChI is InChI=1S/C26H24N4O6S/c1-36-26(33)17-8-13-20-21(14-17)29-25(32)23(20)24(16-6-4-3-5-7-16)28-18-9-11-19(12-10-18)30(15-22(27)31)37(2,34)35/h3-14,23H,15H2,1-2H3,(H2,27,31)(H,29,32). The van der Waals surface area contributed by atoms with Crippen molar-refractivity contribution < 1.29 is 27.5 Å². The molecule has 11 heteroatoms. The lowest BCUT2D eigenvalue weighted by Gasteiger charge is -2.20. The first kappa shape index (κ1) is 25.6. The topological polar surface area (TPSA) is 148 Å². The van der Waals surface area contributed by atoms with E-state index in [0.29, 0.717) is 33.8 Å². The number of sulfonamides is 1. The molecule has 37 heavy (non-hydrogen) atoms. The van der Waals surface area contributed by atoms with Crippen molar-refractivity contribution in [1.82, 2.24) is 0 Å². The summed E-state index contributed by atoms with van der Waals surface area (Å²) in [4.78, 5) is 41.2. The van der Waals surface area contributed by atoms with E-state index in [1.165, 1.54) is 19.2 Å². The van der Waals surface area contributed by atoms with Crippen LogP contribution in [0.1, 0.15) is 27.4 Å². The van der Waals surface area contributed by atoms with E-state index in [-0.39, 0.29) is 11.6 Å². The van der Waals surface area contributed by atoms with Crippen LogP contribution >= 0.6 is 0 Å². The van der Waals surface area contributed by atoms with Gasteiger partial charge < -0.3 is 15.8 Å². The minimum absolute atomic E-state index is 0.251. The minimum atomic E-state index is -3.75. The van der Waals surface area contributed by atoms with Gasteiger partial charge in [-0.3, -0.25) is 18.9 Å². The second kappa shape index (κ2) is 10.2. The van der Waals surface area contributed by atoms with Gasteiger partial charge in [0.1, 0.15) is 12.5 Å². The summed E-state index contributed by atoms with van der Waals surface area (Å²) < 4.78 is 30.0. The quantitative estimate of drug-likeness (QED) is 0.345. The van der Waals surface area contributed by atoms with Crippen molar-refractivity contribution in [3.05, 3.63) is 89.5 Å². The maximum absolute atomic E-state index is 13.1. The third-order valence-corrected chi connectivity index (χ3v) is 6.88. The van der Waals surface area contributed by atoms with Gasteiger partial charge >= 0.3 is 5.97 Å². The highest BCUT2D eigenvalue weighted by atomic mass is 32.2. The number of amides is 2. The van der Waals surface area contributed by atoms with E-state index in [9.17, 15) is 22.8 Å². The number of nitrogens with zero attached hydrogens (tertiary/aromatic N) is 2. The van der Waals surface area contributed by atoms with E-state index in [0.717, 1.165) is 10.6 Å². The first-order valence-corrected chi connectivity index (χ1v) is 13.0. The Labute approximate surface area is 213 Å². The average molecular weight is 521 g/mol. The van der Waals surface area contributed by atoms with Crippen LogP contribution < -0.4 is 15.4 Å². The molecular formula is C26H24N4O6S. The Bertz CT molecular complexity index is 1500. The number of aliphatic imine (C=N–C) groups is 1. The molecule has 1 atom stereocenters. The molecule has 3 N–H and O–H groups in total. The molecule has 1 aliphatic rings. The molecule has 1 aliphatic heterocycles. The van der Waals surface area contributed by atoms with Crippen LogP contribution in [0, 0.1) is 0 Å². The molecule has 3 aromatic carbocycles. The van der Waals surface area contributed by atoms with Crippen LogP contribution in [0.5, 0.6) is 0 Å². The van der Waals surface area contributed by atoms with Gasteiger partial charge in [0, 0.05) is 5.69 Å². The van der Waals surface area contributed by atoms with E-state index in [1.54, 1.807) is 30.3 Å². The number of ether oxygens (including phenoxy) is 1. The van der Waals surface area contributed by atoms with E-state index in [4.69, 9.17) is 15.5 Å². The van der Waals surface area contributed by atoms with Crippen LogP contribution in [-0.4, -0.2) is 51.8 Å². The van der Waals surface area contributed by atoms with Gasteiger partial charge in [0.2, 0.25) is 21.8 Å². The van der Waals surface area contributed by atoms with E-state index >= 15 is 0 Å². The Balaban J connectivity index is 1.77. The zero-order valence-corrected chi connectivity index (χ0v) is 20.9. The number of nitrogens with one attached hydrogen (secondary N) is 1. The number of fused-ring (bicyclic) bond motifs is 1. The van der Waals surface area contributed by atoms with Crippen LogP contribution in [0.15, 0.2) is 77.8 Å². The van der Waals surface area contributed by atoms with Crippen LogP contribution in [0.3, 0.4) is 0 Å². The fourth-order valence-electron chi connectivity index (χ4n) is 4.06. The lowest BCUT2D eigenvalue weighted by Crippen LogP contribution is -2.37. The number of anilines is 2. The normalized spacial score (nSPS) is 15.0. The highest BCUT2D eigenvalue weighted by molar-refractivity contribution is 7.92. The number of hydrogen-bond donors (Lipinski definition) is 2. The van der Waals surface area contributed by atoms with Gasteiger partial charge in [-0.05, 0) is 47.5 Å². The van der Waals surface area contributed by atoms with Crippen LogP contribution in [0.25, 0.3) is 0 Å². The fourth-order valence-corrected chi connectivity index (χ4v) is 4.92. The van der Waals surface area contributed by atoms with Gasteiger partial charge in [-0.2, -0.15) is 0 Å². The number of benzene rings is 3. The summed E-state index contributed by atoms with van der Waals surface area (Å²) in [7, 11) is -2.46. The fraction of sp³-hybridized carbons (Fsp3) is 0.154. The first-order chi connectivity index (χ1) is 17.6. The van der Waals surface area contributed by atoms with Crippen LogP contribution in [-0.2, 0) is 24.3 Å². The Morgan fingerprint density at radius 1 is 1.03 bits per heavy atom. The first-order valence-electron chi connectivity index (χ1n) is 11.1. The molecule has 0 saturated carbocycles. The summed E-state index contributed by atoms with van der Waals surface area (Å²) in [6.45, 7) is -0.497. The van der Waals surface area contributed by atoms with Crippen molar-refractivity contribution in [2.24, 2.45) is 10.7 Å². The number of esters is 1. The van der Waals surface area contributed by atoms with Gasteiger partial charge in [0.25, 0.3) is 0 Å². The number of nitrogens with two attached hydrogens (primary N) is 1. The van der Waals surface area contributed by atoms with Crippen molar-refractivity contribution >= 4 is 50.6 Å². The van der Waals surface area contributed by atoms with Crippen molar-refractivity contribution in [3.63, 3.8) is 0 Å². The van der Waals surface area contributed by atoms with Gasteiger partial charge in [0.15, 0.2) is 0 Å². The smallest absolute Gasteiger partial charge is 0.337 e. The van der Waals surface area contributed by atoms with E-state index in [2.05, 4.69) is 5.32 Å². The number of carbonyl (C=O) groups excluding carboxylic acids is 3. The van der Waals surface area contributed by atoms with Crippen molar-refractivity contribution in [2.75, 3.05) is 29.5 Å². The predicted octanol–water partition coefficient (Wildman–Crippen LogP) is 2.58. The maximum atomic E-state index is 13.1. The predicted molar refractivity (Wildman–Crippen MR) is 140 cm³/mol. The molecule has 0 aliphatic carbocycles. The molecule has 0 aromatic heterocycles. The number of hydrogen-bond acceptors (Lipinski definition) is 7. The summed E-state index contributed by atoms with van der Waals surface area (Å²) in [5, 5.41) is 2.82. The molecule has 0 radical (unpaired) electrons. The summed E-state index contributed by atoms with van der Waals surface area (Å²) in [6.07, 6.45) is 0.983. The molecule has 2 amide bonds. The number of primary amides is 1. The molecule has 4 rings (SSSR count). The molecule has 10 nitrogen and oxygen atoms in total. The monoisotopic (exact) mass is 520 g/mol. The lowest BCUT2D eigenvalue weighted by atomic mass is 9.90. The molecule has 0 spiro atoms. The van der Waals surface area contributed by atoms with E-state index in [1.807, 2.05) is 30.3 Å². The Morgan fingerprint density at radius 3 is 2.30 bits per heavy atom. The second-order valence-corrected chi connectivity index (χ2v) is 10.2. The summed E-state index contributed by atoms with van der Waals surface area (Å²) in [6, 6.07) is 20.2. The highest BCUT2D eigenvalue weighted by Gasteiger charge is 2.36. The molecule has 190 valence electrons. The SMILES string of the molecule is COC(=O)c1ccc2c(c1)NC(=O)C2C(=Nc1ccc(N(CC(N)=O)S(C)(=O)=O)cc1)c1ccccc1. The summed E-state index contributed by atoms with van der Waals surface area (Å²) in [5.41, 5.74) is 8.56. The van der Waals surface area contributed by atoms with Crippen molar-refractivity contribution in [3.8, 4) is 0 Å². The molecule has 0 bridgehead atoms. The Hall–Kier alpha value is -4.51.